The topological polar surface area (TPSA) is 35.0 Å². The Morgan fingerprint density at radius 2 is 1.52 bits per heavy atom. The van der Waals surface area contributed by atoms with Gasteiger partial charge in [0.25, 0.3) is 0 Å². The monoisotopic (exact) mass is 330 g/mol. The van der Waals surface area contributed by atoms with Crippen LogP contribution in [0.5, 0.6) is 11.8 Å². The average molecular weight is 330 g/mol. The summed E-state index contributed by atoms with van der Waals surface area (Å²) < 4.78 is 5.76. The van der Waals surface area contributed by atoms with E-state index in [1.807, 2.05) is 30.3 Å². The fraction of sp³-hybridized carbons (Fsp3) is 0.474. The van der Waals surface area contributed by atoms with Crippen molar-refractivity contribution in [3.63, 3.8) is 0 Å². The Hall–Kier alpha value is -1.47. The first-order valence-corrected chi connectivity index (χ1v) is 9.51. The van der Waals surface area contributed by atoms with Crippen LogP contribution in [-0.2, 0) is 6.16 Å². The summed E-state index contributed by atoms with van der Waals surface area (Å²) in [6.45, 7) is 14.0. The van der Waals surface area contributed by atoms with Gasteiger partial charge in [0.2, 0.25) is 11.8 Å². The molecule has 0 saturated carbocycles. The Morgan fingerprint density at radius 3 is 2.09 bits per heavy atom. The molecule has 0 bridgehead atoms. The van der Waals surface area contributed by atoms with Crippen LogP contribution in [0.2, 0.25) is 0 Å². The zero-order valence-electron chi connectivity index (χ0n) is 15.0. The highest BCUT2D eigenvalue weighted by Crippen LogP contribution is 2.61. The highest BCUT2D eigenvalue weighted by atomic mass is 31.1. The Labute approximate surface area is 141 Å². The summed E-state index contributed by atoms with van der Waals surface area (Å²) in [6, 6.07) is 11.6. The van der Waals surface area contributed by atoms with Gasteiger partial charge in [0.15, 0.2) is 0 Å². The maximum absolute atomic E-state index is 5.76. The third kappa shape index (κ3) is 5.28. The maximum Gasteiger partial charge on any atom is 0.221 e. The number of ether oxygens (including phenoxy) is 1. The lowest BCUT2D eigenvalue weighted by Crippen LogP contribution is -2.26. The van der Waals surface area contributed by atoms with E-state index in [9.17, 15) is 0 Å². The molecule has 0 spiro atoms. The molecule has 0 fully saturated rings. The first-order chi connectivity index (χ1) is 10.7. The summed E-state index contributed by atoms with van der Waals surface area (Å²) in [7, 11) is -0.224. The quantitative estimate of drug-likeness (QED) is 0.660. The summed E-state index contributed by atoms with van der Waals surface area (Å²) in [5.74, 6) is 1.19. The lowest BCUT2D eigenvalue weighted by Gasteiger charge is -2.41. The van der Waals surface area contributed by atoms with E-state index in [1.54, 1.807) is 6.20 Å². The van der Waals surface area contributed by atoms with Gasteiger partial charge in [-0.1, -0.05) is 61.6 Å². The van der Waals surface area contributed by atoms with Crippen molar-refractivity contribution < 1.29 is 4.74 Å². The fourth-order valence-corrected chi connectivity index (χ4v) is 6.22. The molecule has 0 unspecified atom stereocenters. The van der Waals surface area contributed by atoms with Gasteiger partial charge in [-0.3, -0.25) is 0 Å². The number of hydrogen-bond donors (Lipinski definition) is 0. The van der Waals surface area contributed by atoms with E-state index in [2.05, 4.69) is 57.6 Å². The molecule has 4 heteroatoms. The molecule has 0 N–H and O–H groups in total. The van der Waals surface area contributed by atoms with Crippen molar-refractivity contribution in [2.24, 2.45) is 0 Å². The minimum absolute atomic E-state index is 0.224. The first-order valence-electron chi connectivity index (χ1n) is 7.99. The van der Waals surface area contributed by atoms with Gasteiger partial charge in [-0.15, -0.1) is 0 Å². The predicted molar refractivity (Wildman–Crippen MR) is 98.7 cm³/mol. The maximum atomic E-state index is 5.76. The summed E-state index contributed by atoms with van der Waals surface area (Å²) in [6.07, 6.45) is 2.72. The second-order valence-electron chi connectivity index (χ2n) is 7.66. The molecule has 2 aromatic rings. The molecule has 2 rings (SSSR count). The van der Waals surface area contributed by atoms with Crippen molar-refractivity contribution >= 4 is 7.92 Å². The van der Waals surface area contributed by atoms with Gasteiger partial charge in [0.1, 0.15) is 0 Å². The van der Waals surface area contributed by atoms with Crippen molar-refractivity contribution in [2.45, 2.75) is 58.0 Å². The lowest BCUT2D eigenvalue weighted by atomic mass is 10.2. The molecular weight excluding hydrogens is 303 g/mol. The number of rotatable bonds is 4. The van der Waals surface area contributed by atoms with Crippen molar-refractivity contribution in [3.8, 4) is 11.8 Å². The lowest BCUT2D eigenvalue weighted by molar-refractivity contribution is 0.443. The SMILES string of the molecule is CC(C)(C)P(Cc1cccc(Oc2ccccn2)n1)C(C)(C)C. The van der Waals surface area contributed by atoms with Crippen LogP contribution in [0.3, 0.4) is 0 Å². The fourth-order valence-electron chi connectivity index (χ4n) is 2.76. The van der Waals surface area contributed by atoms with Gasteiger partial charge in [-0.05, 0) is 22.4 Å². The van der Waals surface area contributed by atoms with E-state index in [1.165, 1.54) is 0 Å². The number of aromatic nitrogens is 2. The Balaban J connectivity index is 2.19. The molecule has 3 nitrogen and oxygen atoms in total. The number of nitrogens with zero attached hydrogens (tertiary/aromatic N) is 2. The van der Waals surface area contributed by atoms with Gasteiger partial charge >= 0.3 is 0 Å². The summed E-state index contributed by atoms with van der Waals surface area (Å²) >= 11 is 0. The molecule has 0 saturated heterocycles. The molecule has 0 radical (unpaired) electrons. The van der Waals surface area contributed by atoms with Crippen LogP contribution in [0, 0.1) is 0 Å². The number of hydrogen-bond acceptors (Lipinski definition) is 3. The van der Waals surface area contributed by atoms with Gasteiger partial charge in [0.05, 0.1) is 0 Å². The molecule has 23 heavy (non-hydrogen) atoms. The van der Waals surface area contributed by atoms with Crippen molar-refractivity contribution in [3.05, 3.63) is 48.3 Å². The summed E-state index contributed by atoms with van der Waals surface area (Å²) in [5, 5.41) is 0.570. The zero-order chi connectivity index (χ0) is 17.1. The predicted octanol–water partition coefficient (Wildman–Crippen LogP) is 5.85. The van der Waals surface area contributed by atoms with Gasteiger partial charge in [0, 0.05) is 30.2 Å². The van der Waals surface area contributed by atoms with Crippen LogP contribution in [0.1, 0.15) is 47.2 Å². The van der Waals surface area contributed by atoms with Crippen LogP contribution < -0.4 is 4.74 Å². The van der Waals surface area contributed by atoms with Crippen molar-refractivity contribution in [1.29, 1.82) is 0 Å². The zero-order valence-corrected chi connectivity index (χ0v) is 15.9. The molecule has 0 aliphatic rings. The van der Waals surface area contributed by atoms with E-state index in [0.29, 0.717) is 11.8 Å². The third-order valence-electron chi connectivity index (χ3n) is 3.57. The van der Waals surface area contributed by atoms with Crippen molar-refractivity contribution in [2.75, 3.05) is 0 Å². The van der Waals surface area contributed by atoms with Crippen LogP contribution in [0.4, 0.5) is 0 Å². The second-order valence-corrected chi connectivity index (χ2v) is 11.5. The van der Waals surface area contributed by atoms with Gasteiger partial charge in [-0.25, -0.2) is 9.97 Å². The molecular formula is C19H27N2OP. The highest BCUT2D eigenvalue weighted by Gasteiger charge is 2.34. The van der Waals surface area contributed by atoms with Crippen molar-refractivity contribution in [1.82, 2.24) is 9.97 Å². The number of pyridine rings is 2. The minimum atomic E-state index is -0.224. The highest BCUT2D eigenvalue weighted by molar-refractivity contribution is 7.60. The van der Waals surface area contributed by atoms with E-state index in [-0.39, 0.29) is 18.2 Å². The summed E-state index contributed by atoms with van der Waals surface area (Å²) in [4.78, 5) is 8.87. The molecule has 2 aromatic heterocycles. The second kappa shape index (κ2) is 6.97. The molecule has 0 amide bonds. The largest absolute Gasteiger partial charge is 0.421 e. The average Bonchev–Trinajstić information content (AvgIpc) is 2.44. The Bertz CT molecular complexity index is 616. The van der Waals surface area contributed by atoms with Gasteiger partial charge in [-0.2, -0.15) is 0 Å². The van der Waals surface area contributed by atoms with E-state index >= 15 is 0 Å². The third-order valence-corrected chi connectivity index (χ3v) is 7.45. The minimum Gasteiger partial charge on any atom is -0.421 e. The van der Waals surface area contributed by atoms with Crippen LogP contribution in [0.25, 0.3) is 0 Å². The van der Waals surface area contributed by atoms with Crippen LogP contribution in [0.15, 0.2) is 42.6 Å². The standard InChI is InChI=1S/C19H27N2OP/c1-18(2,3)23(19(4,5)6)14-15-10-9-12-17(21-15)22-16-11-7-8-13-20-16/h7-13H,14H2,1-6H3. The first kappa shape index (κ1) is 17.9. The molecule has 0 aliphatic carbocycles. The molecule has 124 valence electrons. The molecule has 0 aliphatic heterocycles. The molecule has 0 aromatic carbocycles. The van der Waals surface area contributed by atoms with E-state index in [0.717, 1.165) is 11.9 Å². The smallest absolute Gasteiger partial charge is 0.221 e. The Kier molecular flexibility index (Phi) is 5.41. The molecule has 0 atom stereocenters. The van der Waals surface area contributed by atoms with Gasteiger partial charge < -0.3 is 4.74 Å². The van der Waals surface area contributed by atoms with E-state index < -0.39 is 0 Å². The van der Waals surface area contributed by atoms with Crippen LogP contribution >= 0.6 is 7.92 Å². The van der Waals surface area contributed by atoms with Crippen LogP contribution in [-0.4, -0.2) is 20.3 Å². The molecule has 2 heterocycles. The van der Waals surface area contributed by atoms with E-state index in [4.69, 9.17) is 4.74 Å². The Morgan fingerprint density at radius 1 is 0.870 bits per heavy atom. The summed E-state index contributed by atoms with van der Waals surface area (Å²) in [5.41, 5.74) is 1.09. The normalized spacial score (nSPS) is 12.5.